The van der Waals surface area contributed by atoms with Crippen molar-refractivity contribution in [2.24, 2.45) is 0 Å². The Kier molecular flexibility index (Phi) is 3.36. The van der Waals surface area contributed by atoms with Crippen LogP contribution in [0.25, 0.3) is 0 Å². The van der Waals surface area contributed by atoms with Crippen LogP contribution in [0.1, 0.15) is 11.3 Å². The molecule has 14 heavy (non-hydrogen) atoms. The van der Waals surface area contributed by atoms with Crippen molar-refractivity contribution in [2.75, 3.05) is 7.11 Å². The minimum Gasteiger partial charge on any atom is -0.495 e. The van der Waals surface area contributed by atoms with E-state index >= 15 is 0 Å². The molecule has 0 aliphatic heterocycles. The molecule has 0 unspecified atom stereocenters. The molecule has 0 atom stereocenters. The summed E-state index contributed by atoms with van der Waals surface area (Å²) in [7, 11) is 1.18. The molecule has 0 fully saturated rings. The summed E-state index contributed by atoms with van der Waals surface area (Å²) in [6, 6.07) is 0.966. The van der Waals surface area contributed by atoms with E-state index in [0.717, 1.165) is 12.3 Å². The van der Waals surface area contributed by atoms with Crippen molar-refractivity contribution in [3.05, 3.63) is 23.5 Å². The topological polar surface area (TPSA) is 22.1 Å². The van der Waals surface area contributed by atoms with Crippen LogP contribution in [0.2, 0.25) is 0 Å². The number of aromatic nitrogens is 1. The highest BCUT2D eigenvalue weighted by atomic mass is 79.9. The zero-order valence-electron chi connectivity index (χ0n) is 7.23. The lowest BCUT2D eigenvalue weighted by molar-refractivity contribution is -0.138. The number of pyridine rings is 1. The quantitative estimate of drug-likeness (QED) is 0.771. The first-order valence-corrected chi connectivity index (χ1v) is 4.77. The summed E-state index contributed by atoms with van der Waals surface area (Å²) in [6.07, 6.45) is -3.34. The number of nitrogens with zero attached hydrogens (tertiary/aromatic N) is 1. The van der Waals surface area contributed by atoms with Crippen LogP contribution in [0.5, 0.6) is 5.75 Å². The summed E-state index contributed by atoms with van der Waals surface area (Å²) in [4.78, 5) is 3.77. The molecule has 2 nitrogen and oxygen atoms in total. The summed E-state index contributed by atoms with van der Waals surface area (Å²) in [6.45, 7) is 0. The molecule has 0 amide bonds. The maximum Gasteiger partial charge on any atom is 0.420 e. The summed E-state index contributed by atoms with van der Waals surface area (Å²) in [5.74, 6) is -0.262. The average molecular weight is 270 g/mol. The minimum absolute atomic E-state index is 0.262. The average Bonchev–Trinajstić information content (AvgIpc) is 2.15. The SMILES string of the molecule is COc1cnc(CBr)cc1C(F)(F)F. The fourth-order valence-corrected chi connectivity index (χ4v) is 1.25. The Labute approximate surface area is 87.2 Å². The van der Waals surface area contributed by atoms with Crippen molar-refractivity contribution in [1.29, 1.82) is 0 Å². The monoisotopic (exact) mass is 269 g/mol. The molecular weight excluding hydrogens is 263 g/mol. The Morgan fingerprint density at radius 1 is 1.50 bits per heavy atom. The Bertz CT molecular complexity index is 327. The highest BCUT2D eigenvalue weighted by Gasteiger charge is 2.34. The number of hydrogen-bond donors (Lipinski definition) is 0. The van der Waals surface area contributed by atoms with E-state index in [-0.39, 0.29) is 11.1 Å². The second-order valence-electron chi connectivity index (χ2n) is 2.51. The van der Waals surface area contributed by atoms with Gasteiger partial charge in [0.25, 0.3) is 0 Å². The molecule has 0 aliphatic carbocycles. The summed E-state index contributed by atoms with van der Waals surface area (Å²) in [5, 5.41) is 0.278. The fourth-order valence-electron chi connectivity index (χ4n) is 0.943. The van der Waals surface area contributed by atoms with Gasteiger partial charge in [0.1, 0.15) is 11.3 Å². The number of alkyl halides is 4. The molecule has 0 aromatic carbocycles. The van der Waals surface area contributed by atoms with Crippen LogP contribution in [0, 0.1) is 0 Å². The fraction of sp³-hybridized carbons (Fsp3) is 0.375. The maximum absolute atomic E-state index is 12.4. The van der Waals surface area contributed by atoms with Gasteiger partial charge in [-0.1, -0.05) is 15.9 Å². The van der Waals surface area contributed by atoms with Gasteiger partial charge in [0, 0.05) is 5.33 Å². The number of halogens is 4. The number of rotatable bonds is 2. The van der Waals surface area contributed by atoms with Crippen LogP contribution < -0.4 is 4.74 Å². The molecule has 1 aromatic heterocycles. The molecule has 78 valence electrons. The van der Waals surface area contributed by atoms with E-state index in [4.69, 9.17) is 0 Å². The predicted molar refractivity (Wildman–Crippen MR) is 48.4 cm³/mol. The lowest BCUT2D eigenvalue weighted by atomic mass is 10.2. The van der Waals surface area contributed by atoms with Crippen LogP contribution >= 0.6 is 15.9 Å². The van der Waals surface area contributed by atoms with E-state index in [9.17, 15) is 13.2 Å². The van der Waals surface area contributed by atoms with E-state index in [1.165, 1.54) is 7.11 Å². The van der Waals surface area contributed by atoms with Crippen LogP contribution in [-0.4, -0.2) is 12.1 Å². The zero-order valence-corrected chi connectivity index (χ0v) is 8.82. The summed E-state index contributed by atoms with van der Waals surface area (Å²) >= 11 is 3.03. The number of hydrogen-bond acceptors (Lipinski definition) is 2. The van der Waals surface area contributed by atoms with E-state index in [2.05, 4.69) is 25.7 Å². The van der Waals surface area contributed by atoms with Gasteiger partial charge in [-0.15, -0.1) is 0 Å². The highest BCUT2D eigenvalue weighted by molar-refractivity contribution is 9.08. The van der Waals surface area contributed by atoms with Gasteiger partial charge in [-0.05, 0) is 6.07 Å². The molecular formula is C8H7BrF3NO. The van der Waals surface area contributed by atoms with Crippen molar-refractivity contribution in [1.82, 2.24) is 4.98 Å². The third kappa shape index (κ3) is 2.37. The van der Waals surface area contributed by atoms with E-state index in [0.29, 0.717) is 5.69 Å². The Hall–Kier alpha value is -0.780. The first-order chi connectivity index (χ1) is 6.49. The molecule has 6 heteroatoms. The Morgan fingerprint density at radius 2 is 2.14 bits per heavy atom. The van der Waals surface area contributed by atoms with E-state index < -0.39 is 11.7 Å². The smallest absolute Gasteiger partial charge is 0.420 e. The van der Waals surface area contributed by atoms with Crippen LogP contribution in [0.3, 0.4) is 0 Å². The normalized spacial score (nSPS) is 11.5. The molecule has 1 aromatic rings. The van der Waals surface area contributed by atoms with Gasteiger partial charge in [0.15, 0.2) is 0 Å². The van der Waals surface area contributed by atoms with Gasteiger partial charge in [0.2, 0.25) is 0 Å². The highest BCUT2D eigenvalue weighted by Crippen LogP contribution is 2.36. The second-order valence-corrected chi connectivity index (χ2v) is 3.07. The van der Waals surface area contributed by atoms with Gasteiger partial charge >= 0.3 is 6.18 Å². The van der Waals surface area contributed by atoms with Gasteiger partial charge in [-0.3, -0.25) is 4.98 Å². The van der Waals surface area contributed by atoms with Gasteiger partial charge in [-0.25, -0.2) is 0 Å². The van der Waals surface area contributed by atoms with Crippen molar-refractivity contribution < 1.29 is 17.9 Å². The third-order valence-electron chi connectivity index (χ3n) is 1.59. The molecule has 0 aliphatic rings. The van der Waals surface area contributed by atoms with Crippen LogP contribution in [0.4, 0.5) is 13.2 Å². The second kappa shape index (κ2) is 4.16. The van der Waals surface area contributed by atoms with Gasteiger partial charge < -0.3 is 4.74 Å². The molecule has 1 rings (SSSR count). The van der Waals surface area contributed by atoms with Gasteiger partial charge in [-0.2, -0.15) is 13.2 Å². The Balaban J connectivity index is 3.22. The zero-order chi connectivity index (χ0) is 10.8. The van der Waals surface area contributed by atoms with Crippen molar-refractivity contribution in [2.45, 2.75) is 11.5 Å². The van der Waals surface area contributed by atoms with E-state index in [1.807, 2.05) is 0 Å². The van der Waals surface area contributed by atoms with E-state index in [1.54, 1.807) is 0 Å². The third-order valence-corrected chi connectivity index (χ3v) is 2.16. The van der Waals surface area contributed by atoms with Crippen LogP contribution in [0.15, 0.2) is 12.3 Å². The van der Waals surface area contributed by atoms with Gasteiger partial charge in [0.05, 0.1) is 19.0 Å². The molecule has 0 saturated carbocycles. The first-order valence-electron chi connectivity index (χ1n) is 3.65. The molecule has 0 saturated heterocycles. The predicted octanol–water partition coefficient (Wildman–Crippen LogP) is 3.00. The molecule has 0 bridgehead atoms. The molecule has 0 spiro atoms. The largest absolute Gasteiger partial charge is 0.495 e. The first kappa shape index (κ1) is 11.3. The lowest BCUT2D eigenvalue weighted by Gasteiger charge is -2.11. The summed E-state index contributed by atoms with van der Waals surface area (Å²) in [5.41, 5.74) is -0.484. The van der Waals surface area contributed by atoms with Crippen LogP contribution in [-0.2, 0) is 11.5 Å². The summed E-state index contributed by atoms with van der Waals surface area (Å²) < 4.78 is 41.9. The number of methoxy groups -OCH3 is 1. The standard InChI is InChI=1S/C8H7BrF3NO/c1-14-7-4-13-5(3-9)2-6(7)8(10,11)12/h2,4H,3H2,1H3. The molecule has 0 radical (unpaired) electrons. The minimum atomic E-state index is -4.41. The molecule has 0 N–H and O–H groups in total. The molecule has 1 heterocycles. The van der Waals surface area contributed by atoms with Crippen molar-refractivity contribution >= 4 is 15.9 Å². The van der Waals surface area contributed by atoms with Crippen molar-refractivity contribution in [3.8, 4) is 5.75 Å². The lowest BCUT2D eigenvalue weighted by Crippen LogP contribution is -2.08. The Morgan fingerprint density at radius 3 is 2.57 bits per heavy atom. The number of ether oxygens (including phenoxy) is 1. The maximum atomic E-state index is 12.4. The van der Waals surface area contributed by atoms with Crippen molar-refractivity contribution in [3.63, 3.8) is 0 Å².